The van der Waals surface area contributed by atoms with E-state index in [0.29, 0.717) is 4.53 Å². The molecule has 0 aliphatic heterocycles. The van der Waals surface area contributed by atoms with E-state index in [2.05, 4.69) is 11.1 Å². The summed E-state index contributed by atoms with van der Waals surface area (Å²) in [6, 6.07) is 11.8. The van der Waals surface area contributed by atoms with Crippen LogP contribution in [0.5, 0.6) is 5.75 Å². The number of rotatable bonds is 2. The zero-order valence-electron chi connectivity index (χ0n) is 13.7. The minimum absolute atomic E-state index is 0.0154. The molecule has 0 N–H and O–H groups in total. The molecule has 4 nitrogen and oxygen atoms in total. The smallest absolute Gasteiger partial charge is 0.274 e. The number of aromatic nitrogens is 2. The topological polar surface area (TPSA) is 43.6 Å². The van der Waals surface area contributed by atoms with Gasteiger partial charge in [0.1, 0.15) is 5.75 Å². The largest absolute Gasteiger partial charge is 0.497 e. The van der Waals surface area contributed by atoms with Crippen molar-refractivity contribution in [1.29, 1.82) is 0 Å². The lowest BCUT2D eigenvalue weighted by Crippen LogP contribution is -2.22. The third kappa shape index (κ3) is 2.29. The Bertz CT molecular complexity index is 1170. The first-order valence-electron chi connectivity index (χ1n) is 7.65. The number of benzene rings is 2. The highest BCUT2D eigenvalue weighted by molar-refractivity contribution is 7.15. The molecule has 0 aliphatic rings. The van der Waals surface area contributed by atoms with Gasteiger partial charge in [-0.25, -0.2) is 9.38 Å². The van der Waals surface area contributed by atoms with Gasteiger partial charge in [0.2, 0.25) is 0 Å². The summed E-state index contributed by atoms with van der Waals surface area (Å²) >= 11 is 1.42. The van der Waals surface area contributed by atoms with Crippen molar-refractivity contribution in [2.75, 3.05) is 7.11 Å². The van der Waals surface area contributed by atoms with Crippen molar-refractivity contribution in [1.82, 2.24) is 9.38 Å². The molecule has 0 amide bonds. The highest BCUT2D eigenvalue weighted by atomic mass is 32.1. The zero-order chi connectivity index (χ0) is 16.8. The van der Waals surface area contributed by atoms with Gasteiger partial charge in [0.25, 0.3) is 5.56 Å². The van der Waals surface area contributed by atoms with Gasteiger partial charge in [0.15, 0.2) is 4.96 Å². The molecule has 0 atom stereocenters. The van der Waals surface area contributed by atoms with E-state index in [0.717, 1.165) is 38.4 Å². The molecule has 24 heavy (non-hydrogen) atoms. The Morgan fingerprint density at radius 3 is 2.62 bits per heavy atom. The normalized spacial score (nSPS) is 12.4. The fourth-order valence-electron chi connectivity index (χ4n) is 2.96. The van der Waals surface area contributed by atoms with Crippen LogP contribution < -0.4 is 14.8 Å². The SMILES string of the molecule is COc1ccc(/C=c2\sc3nc4c(C)cc(C)cc4n3c2=O)cc1. The molecule has 120 valence electrons. The quantitative estimate of drug-likeness (QED) is 0.565. The molecule has 5 heteroatoms. The summed E-state index contributed by atoms with van der Waals surface area (Å²) in [5, 5.41) is 0. The first kappa shape index (κ1) is 14.9. The fourth-order valence-corrected chi connectivity index (χ4v) is 3.94. The number of thiazole rings is 1. The molecule has 0 spiro atoms. The Balaban J connectivity index is 1.95. The maximum absolute atomic E-state index is 12.8. The van der Waals surface area contributed by atoms with Gasteiger partial charge in [0, 0.05) is 0 Å². The van der Waals surface area contributed by atoms with E-state index in [4.69, 9.17) is 4.74 Å². The zero-order valence-corrected chi connectivity index (χ0v) is 14.5. The summed E-state index contributed by atoms with van der Waals surface area (Å²) in [4.78, 5) is 18.2. The summed E-state index contributed by atoms with van der Waals surface area (Å²) in [6.07, 6.45) is 1.90. The van der Waals surface area contributed by atoms with Crippen LogP contribution in [0, 0.1) is 13.8 Å². The first-order chi connectivity index (χ1) is 11.6. The van der Waals surface area contributed by atoms with Crippen LogP contribution in [0.1, 0.15) is 16.7 Å². The number of hydrogen-bond donors (Lipinski definition) is 0. The molecule has 0 unspecified atom stereocenters. The molecule has 4 aromatic rings. The standard InChI is InChI=1S/C19H16N2O2S/c1-11-8-12(2)17-15(9-11)21-18(22)16(24-19(21)20-17)10-13-4-6-14(23-3)7-5-13/h4-10H,1-3H3/b16-10-. The Morgan fingerprint density at radius 2 is 1.92 bits per heavy atom. The van der Waals surface area contributed by atoms with Gasteiger partial charge in [-0.2, -0.15) is 0 Å². The van der Waals surface area contributed by atoms with E-state index in [-0.39, 0.29) is 5.56 Å². The lowest BCUT2D eigenvalue weighted by atomic mass is 10.1. The van der Waals surface area contributed by atoms with Gasteiger partial charge in [0.05, 0.1) is 22.7 Å². The number of imidazole rings is 1. The molecule has 2 heterocycles. The van der Waals surface area contributed by atoms with Crippen molar-refractivity contribution in [3.8, 4) is 5.75 Å². The molecule has 0 aliphatic carbocycles. The second kappa shape index (κ2) is 5.46. The van der Waals surface area contributed by atoms with E-state index in [1.54, 1.807) is 11.5 Å². The number of nitrogens with zero attached hydrogens (tertiary/aromatic N) is 2. The second-order valence-corrected chi connectivity index (χ2v) is 6.88. The summed E-state index contributed by atoms with van der Waals surface area (Å²) in [5.74, 6) is 0.799. The van der Waals surface area contributed by atoms with E-state index in [1.807, 2.05) is 50.3 Å². The predicted molar refractivity (Wildman–Crippen MR) is 98.1 cm³/mol. The molecule has 2 aromatic carbocycles. The van der Waals surface area contributed by atoms with Crippen LogP contribution in [-0.2, 0) is 0 Å². The van der Waals surface area contributed by atoms with Crippen LogP contribution in [-0.4, -0.2) is 16.5 Å². The van der Waals surface area contributed by atoms with Gasteiger partial charge in [-0.05, 0) is 54.8 Å². The minimum atomic E-state index is -0.0154. The molecular weight excluding hydrogens is 320 g/mol. The van der Waals surface area contributed by atoms with Gasteiger partial charge in [-0.15, -0.1) is 0 Å². The Morgan fingerprint density at radius 1 is 1.17 bits per heavy atom. The van der Waals surface area contributed by atoms with E-state index in [9.17, 15) is 4.79 Å². The lowest BCUT2D eigenvalue weighted by molar-refractivity contribution is 0.415. The third-order valence-corrected chi connectivity index (χ3v) is 5.06. The maximum Gasteiger partial charge on any atom is 0.274 e. The molecule has 0 saturated carbocycles. The van der Waals surface area contributed by atoms with Gasteiger partial charge in [-0.1, -0.05) is 29.5 Å². The number of ether oxygens (including phenoxy) is 1. The molecule has 0 fully saturated rings. The molecule has 0 saturated heterocycles. The third-order valence-electron chi connectivity index (χ3n) is 4.09. The lowest BCUT2D eigenvalue weighted by Gasteiger charge is -1.98. The monoisotopic (exact) mass is 336 g/mol. The van der Waals surface area contributed by atoms with Crippen molar-refractivity contribution < 1.29 is 4.74 Å². The fraction of sp³-hybridized carbons (Fsp3) is 0.158. The van der Waals surface area contributed by atoms with Crippen LogP contribution >= 0.6 is 11.3 Å². The van der Waals surface area contributed by atoms with Crippen LogP contribution in [0.2, 0.25) is 0 Å². The highest BCUT2D eigenvalue weighted by Gasteiger charge is 2.13. The van der Waals surface area contributed by atoms with Gasteiger partial charge < -0.3 is 4.74 Å². The minimum Gasteiger partial charge on any atom is -0.497 e. The van der Waals surface area contributed by atoms with Crippen LogP contribution in [0.4, 0.5) is 0 Å². The molecular formula is C19H16N2O2S. The maximum atomic E-state index is 12.8. The number of methoxy groups -OCH3 is 1. The Kier molecular flexibility index (Phi) is 3.39. The van der Waals surface area contributed by atoms with Crippen LogP contribution in [0.3, 0.4) is 0 Å². The predicted octanol–water partition coefficient (Wildman–Crippen LogP) is 3.08. The Hall–Kier alpha value is -2.66. The molecule has 4 rings (SSSR count). The van der Waals surface area contributed by atoms with Gasteiger partial charge in [-0.3, -0.25) is 4.79 Å². The van der Waals surface area contributed by atoms with E-state index < -0.39 is 0 Å². The number of hydrogen-bond acceptors (Lipinski definition) is 4. The van der Waals surface area contributed by atoms with Crippen molar-refractivity contribution in [3.05, 3.63) is 68.0 Å². The molecule has 2 aromatic heterocycles. The van der Waals surface area contributed by atoms with Crippen LogP contribution in [0.15, 0.2) is 41.2 Å². The highest BCUT2D eigenvalue weighted by Crippen LogP contribution is 2.21. The molecule has 0 radical (unpaired) electrons. The van der Waals surface area contributed by atoms with E-state index in [1.165, 1.54) is 11.3 Å². The second-order valence-electron chi connectivity index (χ2n) is 5.87. The van der Waals surface area contributed by atoms with Crippen molar-refractivity contribution in [2.24, 2.45) is 0 Å². The average Bonchev–Trinajstić information content (AvgIpc) is 3.06. The first-order valence-corrected chi connectivity index (χ1v) is 8.46. The number of aryl methyl sites for hydroxylation is 2. The van der Waals surface area contributed by atoms with Gasteiger partial charge >= 0.3 is 0 Å². The van der Waals surface area contributed by atoms with Crippen molar-refractivity contribution >= 4 is 33.4 Å². The Labute approximate surface area is 142 Å². The average molecular weight is 336 g/mol. The van der Waals surface area contributed by atoms with E-state index >= 15 is 0 Å². The summed E-state index contributed by atoms with van der Waals surface area (Å²) in [5.41, 5.74) is 4.97. The molecule has 0 bridgehead atoms. The van der Waals surface area contributed by atoms with Crippen LogP contribution in [0.25, 0.3) is 22.1 Å². The number of fused-ring (bicyclic) bond motifs is 3. The van der Waals surface area contributed by atoms with Crippen molar-refractivity contribution in [3.63, 3.8) is 0 Å². The summed E-state index contributed by atoms with van der Waals surface area (Å²) < 4.78 is 7.56. The van der Waals surface area contributed by atoms with Crippen molar-refractivity contribution in [2.45, 2.75) is 13.8 Å². The summed E-state index contributed by atoms with van der Waals surface area (Å²) in [7, 11) is 1.64. The summed E-state index contributed by atoms with van der Waals surface area (Å²) in [6.45, 7) is 4.06.